The van der Waals surface area contributed by atoms with Gasteiger partial charge in [-0.15, -0.1) is 0 Å². The van der Waals surface area contributed by atoms with Gasteiger partial charge in [0.05, 0.1) is 21.7 Å². The molecule has 0 radical (unpaired) electrons. The van der Waals surface area contributed by atoms with E-state index in [0.717, 1.165) is 36.9 Å². The Hall–Kier alpha value is -2.64. The summed E-state index contributed by atoms with van der Waals surface area (Å²) in [5.74, 6) is -0.130. The lowest BCUT2D eigenvalue weighted by Crippen LogP contribution is -2.52. The van der Waals surface area contributed by atoms with Crippen LogP contribution in [0, 0.1) is 10.1 Å². The van der Waals surface area contributed by atoms with Crippen molar-refractivity contribution in [2.24, 2.45) is 0 Å². The van der Waals surface area contributed by atoms with E-state index in [-0.39, 0.29) is 17.6 Å². The minimum absolute atomic E-state index is 0.00302. The molecule has 1 aliphatic rings. The van der Waals surface area contributed by atoms with Gasteiger partial charge in [-0.05, 0) is 31.2 Å². The van der Waals surface area contributed by atoms with Crippen LogP contribution in [0.15, 0.2) is 48.5 Å². The predicted octanol–water partition coefficient (Wildman–Crippen LogP) is 3.40. The molecule has 2 aromatic rings. The van der Waals surface area contributed by atoms with Gasteiger partial charge in [-0.3, -0.25) is 19.8 Å². The van der Waals surface area contributed by atoms with E-state index in [4.69, 9.17) is 11.6 Å². The molecule has 0 saturated carbocycles. The summed E-state index contributed by atoms with van der Waals surface area (Å²) in [6, 6.07) is 13.3. The second kappa shape index (κ2) is 8.37. The normalized spacial score (nSPS) is 16.0. The molecule has 0 spiro atoms. The first-order chi connectivity index (χ1) is 13.0. The van der Waals surface area contributed by atoms with Crippen LogP contribution in [0.25, 0.3) is 0 Å². The van der Waals surface area contributed by atoms with E-state index in [0.29, 0.717) is 5.69 Å². The number of nitro benzene ring substituents is 1. The average molecular weight is 389 g/mol. The number of amides is 1. The number of carbonyl (C=O) groups excluding carboxylic acids is 1. The van der Waals surface area contributed by atoms with Crippen molar-refractivity contribution < 1.29 is 9.72 Å². The molecule has 1 unspecified atom stereocenters. The van der Waals surface area contributed by atoms with E-state index >= 15 is 0 Å². The molecule has 2 aromatic carbocycles. The first kappa shape index (κ1) is 19.1. The Balaban J connectivity index is 1.55. The van der Waals surface area contributed by atoms with Crippen molar-refractivity contribution in [3.63, 3.8) is 0 Å². The van der Waals surface area contributed by atoms with Gasteiger partial charge >= 0.3 is 0 Å². The molecule has 1 N–H and O–H groups in total. The van der Waals surface area contributed by atoms with Gasteiger partial charge in [-0.2, -0.15) is 0 Å². The van der Waals surface area contributed by atoms with Crippen molar-refractivity contribution in [3.05, 3.63) is 63.7 Å². The summed E-state index contributed by atoms with van der Waals surface area (Å²) in [5, 5.41) is 14.2. The van der Waals surface area contributed by atoms with Crippen LogP contribution in [-0.2, 0) is 4.79 Å². The first-order valence-corrected chi connectivity index (χ1v) is 9.12. The Bertz CT molecular complexity index is 820. The molecule has 0 aromatic heterocycles. The van der Waals surface area contributed by atoms with Crippen molar-refractivity contribution in [2.45, 2.75) is 13.0 Å². The van der Waals surface area contributed by atoms with Crippen molar-refractivity contribution in [1.82, 2.24) is 4.90 Å². The topological polar surface area (TPSA) is 78.7 Å². The van der Waals surface area contributed by atoms with E-state index in [1.807, 2.05) is 31.2 Å². The lowest BCUT2D eigenvalue weighted by Gasteiger charge is -2.38. The fourth-order valence-corrected chi connectivity index (χ4v) is 3.39. The Labute approximate surface area is 162 Å². The highest BCUT2D eigenvalue weighted by Gasteiger charge is 2.26. The number of nitrogens with one attached hydrogen (secondary N) is 1. The molecular formula is C19H21ClN4O3. The molecule has 7 nitrogen and oxygen atoms in total. The summed E-state index contributed by atoms with van der Waals surface area (Å²) < 4.78 is 0. The zero-order valence-corrected chi connectivity index (χ0v) is 15.7. The molecule has 1 atom stereocenters. The quantitative estimate of drug-likeness (QED) is 0.627. The van der Waals surface area contributed by atoms with Crippen LogP contribution in [-0.4, -0.2) is 48.0 Å². The van der Waals surface area contributed by atoms with Crippen molar-refractivity contribution in [3.8, 4) is 0 Å². The molecule has 0 bridgehead atoms. The number of hydrogen-bond acceptors (Lipinski definition) is 5. The highest BCUT2D eigenvalue weighted by atomic mass is 35.5. The van der Waals surface area contributed by atoms with E-state index in [1.54, 1.807) is 0 Å². The standard InChI is InChI=1S/C19H21ClN4O3/c1-14(19(25)21-15-6-8-16(9-7-15)24(26)27)22-10-12-23(13-11-22)18-5-3-2-4-17(18)20/h2-9,14H,10-13H2,1H3,(H,21,25). The molecule has 0 aliphatic carbocycles. The van der Waals surface area contributed by atoms with Gasteiger partial charge in [0.2, 0.25) is 5.91 Å². The van der Waals surface area contributed by atoms with E-state index in [2.05, 4.69) is 15.1 Å². The van der Waals surface area contributed by atoms with Gasteiger partial charge in [-0.25, -0.2) is 0 Å². The smallest absolute Gasteiger partial charge is 0.269 e. The molecule has 27 heavy (non-hydrogen) atoms. The van der Waals surface area contributed by atoms with Crippen LogP contribution in [0.1, 0.15) is 6.92 Å². The van der Waals surface area contributed by atoms with Crippen molar-refractivity contribution >= 4 is 34.6 Å². The molecule has 1 saturated heterocycles. The zero-order valence-electron chi connectivity index (χ0n) is 15.0. The van der Waals surface area contributed by atoms with E-state index in [9.17, 15) is 14.9 Å². The third-order valence-electron chi connectivity index (χ3n) is 4.78. The van der Waals surface area contributed by atoms with Gasteiger partial charge in [0.1, 0.15) is 0 Å². The zero-order chi connectivity index (χ0) is 19.4. The van der Waals surface area contributed by atoms with E-state index in [1.165, 1.54) is 24.3 Å². The van der Waals surface area contributed by atoms with Crippen molar-refractivity contribution in [1.29, 1.82) is 0 Å². The molecular weight excluding hydrogens is 368 g/mol. The number of non-ortho nitro benzene ring substituents is 1. The second-order valence-electron chi connectivity index (χ2n) is 6.44. The van der Waals surface area contributed by atoms with Gasteiger partial charge in [-0.1, -0.05) is 23.7 Å². The Morgan fingerprint density at radius 3 is 2.33 bits per heavy atom. The van der Waals surface area contributed by atoms with Crippen LogP contribution in [0.5, 0.6) is 0 Å². The van der Waals surface area contributed by atoms with Gasteiger partial charge < -0.3 is 10.2 Å². The molecule has 142 valence electrons. The fourth-order valence-electron chi connectivity index (χ4n) is 3.14. The molecule has 3 rings (SSSR count). The average Bonchev–Trinajstić information content (AvgIpc) is 2.68. The van der Waals surface area contributed by atoms with Gasteiger partial charge in [0, 0.05) is 44.0 Å². The second-order valence-corrected chi connectivity index (χ2v) is 6.85. The Morgan fingerprint density at radius 1 is 1.11 bits per heavy atom. The number of carbonyl (C=O) groups is 1. The minimum Gasteiger partial charge on any atom is -0.368 e. The summed E-state index contributed by atoms with van der Waals surface area (Å²) in [6.07, 6.45) is 0. The van der Waals surface area contributed by atoms with Crippen LogP contribution >= 0.6 is 11.6 Å². The molecule has 1 fully saturated rings. The Morgan fingerprint density at radius 2 is 1.74 bits per heavy atom. The maximum absolute atomic E-state index is 12.5. The number of anilines is 2. The highest BCUT2D eigenvalue weighted by molar-refractivity contribution is 6.33. The van der Waals surface area contributed by atoms with Gasteiger partial charge in [0.25, 0.3) is 5.69 Å². The molecule has 1 heterocycles. The van der Waals surface area contributed by atoms with Crippen LogP contribution in [0.4, 0.5) is 17.1 Å². The maximum atomic E-state index is 12.5. The first-order valence-electron chi connectivity index (χ1n) is 8.74. The third kappa shape index (κ3) is 4.56. The monoisotopic (exact) mass is 388 g/mol. The highest BCUT2D eigenvalue weighted by Crippen LogP contribution is 2.26. The predicted molar refractivity (Wildman–Crippen MR) is 106 cm³/mol. The van der Waals surface area contributed by atoms with E-state index < -0.39 is 4.92 Å². The van der Waals surface area contributed by atoms with Crippen LogP contribution in [0.3, 0.4) is 0 Å². The minimum atomic E-state index is -0.466. The Kier molecular flexibility index (Phi) is 5.93. The summed E-state index contributed by atoms with van der Waals surface area (Å²) in [4.78, 5) is 27.1. The lowest BCUT2D eigenvalue weighted by atomic mass is 10.2. The largest absolute Gasteiger partial charge is 0.368 e. The van der Waals surface area contributed by atoms with Crippen LogP contribution in [0.2, 0.25) is 5.02 Å². The molecule has 1 amide bonds. The number of halogens is 1. The number of rotatable bonds is 5. The molecule has 8 heteroatoms. The third-order valence-corrected chi connectivity index (χ3v) is 5.10. The number of benzene rings is 2. The van der Waals surface area contributed by atoms with Crippen molar-refractivity contribution in [2.75, 3.05) is 36.4 Å². The summed E-state index contributed by atoms with van der Waals surface area (Å²) in [5.41, 5.74) is 1.56. The number of piperazine rings is 1. The number of para-hydroxylation sites is 1. The summed E-state index contributed by atoms with van der Waals surface area (Å²) in [6.45, 7) is 4.95. The molecule has 1 aliphatic heterocycles. The fraction of sp³-hybridized carbons (Fsp3) is 0.316. The SMILES string of the molecule is CC(C(=O)Nc1ccc([N+](=O)[O-])cc1)N1CCN(c2ccccc2Cl)CC1. The maximum Gasteiger partial charge on any atom is 0.269 e. The van der Waals surface area contributed by atoms with Crippen LogP contribution < -0.4 is 10.2 Å². The number of hydrogen-bond donors (Lipinski definition) is 1. The number of nitrogens with zero attached hydrogens (tertiary/aromatic N) is 3. The summed E-state index contributed by atoms with van der Waals surface area (Å²) >= 11 is 6.27. The number of nitro groups is 1. The summed E-state index contributed by atoms with van der Waals surface area (Å²) in [7, 11) is 0. The van der Waals surface area contributed by atoms with Gasteiger partial charge in [0.15, 0.2) is 0 Å². The lowest BCUT2D eigenvalue weighted by molar-refractivity contribution is -0.384.